The third-order valence-electron chi connectivity index (χ3n) is 3.81. The summed E-state index contributed by atoms with van der Waals surface area (Å²) in [5.41, 5.74) is 3.87. The summed E-state index contributed by atoms with van der Waals surface area (Å²) in [7, 11) is 0. The number of anilines is 1. The molecule has 1 aliphatic carbocycles. The van der Waals surface area contributed by atoms with Crippen molar-refractivity contribution in [2.75, 3.05) is 11.9 Å². The third kappa shape index (κ3) is 3.33. The molecule has 0 amide bonds. The van der Waals surface area contributed by atoms with Crippen LogP contribution >= 0.6 is 11.6 Å². The normalized spacial score (nSPS) is 14.0. The monoisotopic (exact) mass is 301 g/mol. The van der Waals surface area contributed by atoms with Crippen LogP contribution in [-0.4, -0.2) is 12.6 Å². The fourth-order valence-corrected chi connectivity index (χ4v) is 3.01. The average molecular weight is 302 g/mol. The van der Waals surface area contributed by atoms with Gasteiger partial charge in [0, 0.05) is 11.1 Å². The molecule has 3 heteroatoms. The summed E-state index contributed by atoms with van der Waals surface area (Å²) in [5.74, 6) is 0.886. The molecule has 0 aromatic heterocycles. The Morgan fingerprint density at radius 2 is 1.86 bits per heavy atom. The molecule has 0 atom stereocenters. The van der Waals surface area contributed by atoms with Crippen molar-refractivity contribution in [3.8, 4) is 5.75 Å². The van der Waals surface area contributed by atoms with Crippen LogP contribution in [0, 0.1) is 0 Å². The molecule has 1 N–H and O–H groups in total. The molecule has 2 nitrogen and oxygen atoms in total. The van der Waals surface area contributed by atoms with Crippen molar-refractivity contribution in [3.05, 3.63) is 58.6 Å². The van der Waals surface area contributed by atoms with Gasteiger partial charge in [-0.05, 0) is 48.6 Å². The Balaban J connectivity index is 1.75. The van der Waals surface area contributed by atoms with Crippen LogP contribution in [0.5, 0.6) is 5.75 Å². The van der Waals surface area contributed by atoms with Gasteiger partial charge in [-0.25, -0.2) is 0 Å². The van der Waals surface area contributed by atoms with Crippen LogP contribution in [0.4, 0.5) is 5.69 Å². The Morgan fingerprint density at radius 1 is 1.14 bits per heavy atom. The van der Waals surface area contributed by atoms with Crippen LogP contribution in [0.15, 0.2) is 42.5 Å². The van der Waals surface area contributed by atoms with Gasteiger partial charge in [0.1, 0.15) is 5.75 Å². The number of fused-ring (bicyclic) bond motifs is 1. The molecule has 0 fully saturated rings. The molecule has 2 aromatic carbocycles. The molecule has 0 heterocycles. The van der Waals surface area contributed by atoms with Gasteiger partial charge in [0.05, 0.1) is 12.3 Å². The number of halogens is 1. The van der Waals surface area contributed by atoms with E-state index in [1.54, 1.807) is 0 Å². The summed E-state index contributed by atoms with van der Waals surface area (Å²) in [6.07, 6.45) is 3.10. The highest BCUT2D eigenvalue weighted by atomic mass is 35.5. The molecule has 110 valence electrons. The van der Waals surface area contributed by atoms with E-state index >= 15 is 0 Å². The van der Waals surface area contributed by atoms with Crippen LogP contribution in [-0.2, 0) is 12.8 Å². The summed E-state index contributed by atoms with van der Waals surface area (Å²) in [6.45, 7) is 2.83. The van der Waals surface area contributed by atoms with Crippen molar-refractivity contribution in [2.24, 2.45) is 0 Å². The highest BCUT2D eigenvalue weighted by molar-refractivity contribution is 6.30. The lowest BCUT2D eigenvalue weighted by molar-refractivity contribution is 0.318. The molecule has 2 aromatic rings. The number of hydrogen-bond acceptors (Lipinski definition) is 2. The van der Waals surface area contributed by atoms with E-state index in [2.05, 4.69) is 36.5 Å². The largest absolute Gasteiger partial charge is 0.491 e. The second kappa shape index (κ2) is 6.40. The van der Waals surface area contributed by atoms with Crippen LogP contribution in [0.3, 0.4) is 0 Å². The Kier molecular flexibility index (Phi) is 4.35. The van der Waals surface area contributed by atoms with E-state index in [0.717, 1.165) is 42.3 Å². The SMILES string of the molecule is CCCOc1ccc(Cl)cc1NC1Cc2ccccc2C1. The molecule has 0 radical (unpaired) electrons. The van der Waals surface area contributed by atoms with Crippen LogP contribution in [0.1, 0.15) is 24.5 Å². The molecular weight excluding hydrogens is 282 g/mol. The number of ether oxygens (including phenoxy) is 1. The van der Waals surface area contributed by atoms with Crippen LogP contribution < -0.4 is 10.1 Å². The topological polar surface area (TPSA) is 21.3 Å². The molecular formula is C18H20ClNO. The lowest BCUT2D eigenvalue weighted by Gasteiger charge is -2.17. The second-order valence-corrected chi connectivity index (χ2v) is 5.94. The molecule has 21 heavy (non-hydrogen) atoms. The summed E-state index contributed by atoms with van der Waals surface area (Å²) in [6, 6.07) is 14.8. The van der Waals surface area contributed by atoms with Gasteiger partial charge in [-0.1, -0.05) is 42.8 Å². The molecule has 0 bridgehead atoms. The first-order valence-electron chi connectivity index (χ1n) is 7.52. The molecule has 1 aliphatic rings. The fourth-order valence-electron chi connectivity index (χ4n) is 2.83. The number of nitrogens with one attached hydrogen (secondary N) is 1. The van der Waals surface area contributed by atoms with E-state index in [-0.39, 0.29) is 0 Å². The summed E-state index contributed by atoms with van der Waals surface area (Å²) >= 11 is 6.13. The Morgan fingerprint density at radius 3 is 2.52 bits per heavy atom. The van der Waals surface area contributed by atoms with E-state index in [0.29, 0.717) is 6.04 Å². The minimum Gasteiger partial charge on any atom is -0.491 e. The minimum atomic E-state index is 0.407. The molecule has 0 aliphatic heterocycles. The molecule has 0 saturated carbocycles. The maximum atomic E-state index is 6.13. The van der Waals surface area contributed by atoms with Gasteiger partial charge in [0.15, 0.2) is 0 Å². The predicted molar refractivity (Wildman–Crippen MR) is 88.5 cm³/mol. The Labute approximate surface area is 131 Å². The van der Waals surface area contributed by atoms with E-state index in [1.165, 1.54) is 11.1 Å². The smallest absolute Gasteiger partial charge is 0.142 e. The minimum absolute atomic E-state index is 0.407. The quantitative estimate of drug-likeness (QED) is 0.863. The number of hydrogen-bond donors (Lipinski definition) is 1. The fraction of sp³-hybridized carbons (Fsp3) is 0.333. The average Bonchev–Trinajstić information content (AvgIpc) is 2.88. The van der Waals surface area contributed by atoms with Crippen LogP contribution in [0.25, 0.3) is 0 Å². The Hall–Kier alpha value is -1.67. The Bertz CT molecular complexity index is 601. The van der Waals surface area contributed by atoms with Crippen molar-refractivity contribution in [1.82, 2.24) is 0 Å². The van der Waals surface area contributed by atoms with Gasteiger partial charge in [-0.15, -0.1) is 0 Å². The standard InChI is InChI=1S/C18H20ClNO/c1-2-9-21-18-8-7-15(19)12-17(18)20-16-10-13-5-3-4-6-14(13)11-16/h3-8,12,16,20H,2,9-11H2,1H3. The molecule has 0 unspecified atom stereocenters. The molecule has 0 spiro atoms. The van der Waals surface area contributed by atoms with Gasteiger partial charge in [-0.3, -0.25) is 0 Å². The van der Waals surface area contributed by atoms with Crippen molar-refractivity contribution >= 4 is 17.3 Å². The first-order valence-corrected chi connectivity index (χ1v) is 7.89. The molecule has 3 rings (SSSR count). The highest BCUT2D eigenvalue weighted by Crippen LogP contribution is 2.31. The zero-order valence-corrected chi connectivity index (χ0v) is 13.0. The van der Waals surface area contributed by atoms with Crippen molar-refractivity contribution in [1.29, 1.82) is 0 Å². The summed E-state index contributed by atoms with van der Waals surface area (Å²) in [5, 5.41) is 4.33. The number of benzene rings is 2. The van der Waals surface area contributed by atoms with E-state index in [1.807, 2.05) is 18.2 Å². The third-order valence-corrected chi connectivity index (χ3v) is 4.05. The van der Waals surface area contributed by atoms with Gasteiger partial charge in [0.2, 0.25) is 0 Å². The van der Waals surface area contributed by atoms with E-state index in [4.69, 9.17) is 16.3 Å². The molecule has 0 saturated heterocycles. The lowest BCUT2D eigenvalue weighted by atomic mass is 10.1. The zero-order valence-electron chi connectivity index (χ0n) is 12.2. The highest BCUT2D eigenvalue weighted by Gasteiger charge is 2.21. The summed E-state index contributed by atoms with van der Waals surface area (Å²) < 4.78 is 5.81. The predicted octanol–water partition coefficient (Wildman–Crippen LogP) is 4.71. The maximum Gasteiger partial charge on any atom is 0.142 e. The van der Waals surface area contributed by atoms with Crippen molar-refractivity contribution in [2.45, 2.75) is 32.2 Å². The van der Waals surface area contributed by atoms with Gasteiger partial charge in [0.25, 0.3) is 0 Å². The first-order chi connectivity index (χ1) is 10.3. The summed E-state index contributed by atoms with van der Waals surface area (Å²) in [4.78, 5) is 0. The second-order valence-electron chi connectivity index (χ2n) is 5.51. The van der Waals surface area contributed by atoms with Gasteiger partial charge in [-0.2, -0.15) is 0 Å². The van der Waals surface area contributed by atoms with Gasteiger partial charge < -0.3 is 10.1 Å². The van der Waals surface area contributed by atoms with Gasteiger partial charge >= 0.3 is 0 Å². The van der Waals surface area contributed by atoms with Crippen molar-refractivity contribution in [3.63, 3.8) is 0 Å². The maximum absolute atomic E-state index is 6.13. The number of rotatable bonds is 5. The van der Waals surface area contributed by atoms with E-state index in [9.17, 15) is 0 Å². The first kappa shape index (κ1) is 14.3. The van der Waals surface area contributed by atoms with E-state index < -0.39 is 0 Å². The lowest BCUT2D eigenvalue weighted by Crippen LogP contribution is -2.20. The van der Waals surface area contributed by atoms with Crippen molar-refractivity contribution < 1.29 is 4.74 Å². The van der Waals surface area contributed by atoms with Crippen LogP contribution in [0.2, 0.25) is 5.02 Å². The zero-order chi connectivity index (χ0) is 14.7.